The minimum Gasteiger partial charge on any atom is -0.383 e. The summed E-state index contributed by atoms with van der Waals surface area (Å²) < 4.78 is 18.0. The summed E-state index contributed by atoms with van der Waals surface area (Å²) in [7, 11) is 1.65. The standard InChI is InChI=1S/C14H15ClFN3O/c1-20-7-6-17-9-11-4-5-18-14(19-11)12-3-2-10(16)8-13(12)15/h2-5,8,17H,6-7,9H2,1H3. The molecule has 0 unspecified atom stereocenters. The van der Waals surface area contributed by atoms with Gasteiger partial charge in [-0.3, -0.25) is 0 Å². The molecule has 0 spiro atoms. The van der Waals surface area contributed by atoms with E-state index in [0.717, 1.165) is 12.2 Å². The zero-order valence-electron chi connectivity index (χ0n) is 11.1. The molecule has 0 aliphatic heterocycles. The highest BCUT2D eigenvalue weighted by Crippen LogP contribution is 2.25. The van der Waals surface area contributed by atoms with E-state index in [1.807, 2.05) is 6.07 Å². The van der Waals surface area contributed by atoms with Gasteiger partial charge in [0.1, 0.15) is 5.82 Å². The molecule has 1 N–H and O–H groups in total. The number of methoxy groups -OCH3 is 1. The number of nitrogens with zero attached hydrogens (tertiary/aromatic N) is 2. The number of rotatable bonds is 6. The van der Waals surface area contributed by atoms with E-state index in [-0.39, 0.29) is 5.82 Å². The Morgan fingerprint density at radius 1 is 1.35 bits per heavy atom. The quantitative estimate of drug-likeness (QED) is 0.832. The second-order valence-electron chi connectivity index (χ2n) is 4.17. The van der Waals surface area contributed by atoms with Crippen LogP contribution in [0.3, 0.4) is 0 Å². The number of benzene rings is 1. The van der Waals surface area contributed by atoms with Crippen LogP contribution in [0.25, 0.3) is 11.4 Å². The molecule has 2 rings (SSSR count). The van der Waals surface area contributed by atoms with Crippen LogP contribution in [0.4, 0.5) is 4.39 Å². The van der Waals surface area contributed by atoms with Gasteiger partial charge in [-0.25, -0.2) is 14.4 Å². The highest BCUT2D eigenvalue weighted by Gasteiger charge is 2.08. The maximum Gasteiger partial charge on any atom is 0.160 e. The average molecular weight is 296 g/mol. The lowest BCUT2D eigenvalue weighted by molar-refractivity contribution is 0.199. The van der Waals surface area contributed by atoms with Gasteiger partial charge in [-0.1, -0.05) is 11.6 Å². The minimum atomic E-state index is -0.379. The molecular weight excluding hydrogens is 281 g/mol. The van der Waals surface area contributed by atoms with E-state index in [2.05, 4.69) is 15.3 Å². The predicted octanol–water partition coefficient (Wildman–Crippen LogP) is 2.67. The van der Waals surface area contributed by atoms with Crippen molar-refractivity contribution in [1.82, 2.24) is 15.3 Å². The summed E-state index contributed by atoms with van der Waals surface area (Å²) in [5, 5.41) is 3.50. The number of nitrogens with one attached hydrogen (secondary N) is 1. The van der Waals surface area contributed by atoms with E-state index in [9.17, 15) is 4.39 Å². The molecule has 0 aliphatic rings. The van der Waals surface area contributed by atoms with Crippen molar-refractivity contribution < 1.29 is 9.13 Å². The van der Waals surface area contributed by atoms with Crippen LogP contribution in [0.2, 0.25) is 5.02 Å². The van der Waals surface area contributed by atoms with Gasteiger partial charge < -0.3 is 10.1 Å². The zero-order valence-corrected chi connectivity index (χ0v) is 11.8. The molecule has 4 nitrogen and oxygen atoms in total. The van der Waals surface area contributed by atoms with Crippen LogP contribution in [0.5, 0.6) is 0 Å². The van der Waals surface area contributed by atoms with Crippen molar-refractivity contribution in [1.29, 1.82) is 0 Å². The molecular formula is C14H15ClFN3O. The SMILES string of the molecule is COCCNCc1ccnc(-c2ccc(F)cc2Cl)n1. The zero-order chi connectivity index (χ0) is 14.4. The predicted molar refractivity (Wildman–Crippen MR) is 76.0 cm³/mol. The van der Waals surface area contributed by atoms with Gasteiger partial charge >= 0.3 is 0 Å². The molecule has 2 aromatic rings. The maximum atomic E-state index is 13.0. The van der Waals surface area contributed by atoms with Crippen LogP contribution >= 0.6 is 11.6 Å². The topological polar surface area (TPSA) is 47.0 Å². The number of ether oxygens (including phenoxy) is 1. The minimum absolute atomic E-state index is 0.300. The Morgan fingerprint density at radius 2 is 2.20 bits per heavy atom. The molecule has 0 radical (unpaired) electrons. The number of halogens is 2. The van der Waals surface area contributed by atoms with E-state index in [1.165, 1.54) is 12.1 Å². The van der Waals surface area contributed by atoms with Crippen LogP contribution in [0.1, 0.15) is 5.69 Å². The molecule has 6 heteroatoms. The summed E-state index contributed by atoms with van der Waals surface area (Å²) in [5.41, 5.74) is 1.46. The second-order valence-corrected chi connectivity index (χ2v) is 4.57. The van der Waals surface area contributed by atoms with Crippen LogP contribution in [0, 0.1) is 5.82 Å². The van der Waals surface area contributed by atoms with E-state index in [1.54, 1.807) is 19.4 Å². The van der Waals surface area contributed by atoms with E-state index in [0.29, 0.717) is 29.6 Å². The molecule has 1 heterocycles. The molecule has 106 valence electrons. The molecule has 0 atom stereocenters. The lowest BCUT2D eigenvalue weighted by Crippen LogP contribution is -2.19. The molecule has 0 amide bonds. The average Bonchev–Trinajstić information content (AvgIpc) is 2.44. The van der Waals surface area contributed by atoms with Crippen LogP contribution in [0.15, 0.2) is 30.5 Å². The van der Waals surface area contributed by atoms with Gasteiger partial charge in [0.25, 0.3) is 0 Å². The largest absolute Gasteiger partial charge is 0.383 e. The second kappa shape index (κ2) is 7.28. The van der Waals surface area contributed by atoms with Crippen LogP contribution in [-0.4, -0.2) is 30.2 Å². The van der Waals surface area contributed by atoms with Crippen LogP contribution < -0.4 is 5.32 Å². The highest BCUT2D eigenvalue weighted by atomic mass is 35.5. The van der Waals surface area contributed by atoms with E-state index >= 15 is 0 Å². The summed E-state index contributed by atoms with van der Waals surface area (Å²) in [4.78, 5) is 8.58. The normalized spacial score (nSPS) is 10.8. The van der Waals surface area contributed by atoms with E-state index in [4.69, 9.17) is 16.3 Å². The molecule has 0 fully saturated rings. The van der Waals surface area contributed by atoms with Crippen molar-refractivity contribution in [3.05, 3.63) is 47.0 Å². The summed E-state index contributed by atoms with van der Waals surface area (Å²) in [6.45, 7) is 1.99. The van der Waals surface area contributed by atoms with Gasteiger partial charge in [-0.2, -0.15) is 0 Å². The Balaban J connectivity index is 2.12. The van der Waals surface area contributed by atoms with Crippen molar-refractivity contribution >= 4 is 11.6 Å². The first kappa shape index (κ1) is 14.8. The first-order valence-corrected chi connectivity index (χ1v) is 6.55. The van der Waals surface area contributed by atoms with E-state index < -0.39 is 0 Å². The summed E-state index contributed by atoms with van der Waals surface area (Å²) in [5.74, 6) is 0.108. The van der Waals surface area contributed by atoms with Gasteiger partial charge in [-0.05, 0) is 24.3 Å². The third-order valence-electron chi connectivity index (χ3n) is 2.67. The van der Waals surface area contributed by atoms with Gasteiger partial charge in [0.2, 0.25) is 0 Å². The van der Waals surface area contributed by atoms with Gasteiger partial charge in [-0.15, -0.1) is 0 Å². The lowest BCUT2D eigenvalue weighted by atomic mass is 10.2. The smallest absolute Gasteiger partial charge is 0.160 e. The molecule has 0 saturated heterocycles. The van der Waals surface area contributed by atoms with Crippen molar-refractivity contribution in [3.8, 4) is 11.4 Å². The fraction of sp³-hybridized carbons (Fsp3) is 0.286. The number of hydrogen-bond acceptors (Lipinski definition) is 4. The summed E-state index contributed by atoms with van der Waals surface area (Å²) in [6, 6.07) is 5.99. The summed E-state index contributed by atoms with van der Waals surface area (Å²) >= 11 is 6.01. The molecule has 0 bridgehead atoms. The van der Waals surface area contributed by atoms with Crippen LogP contribution in [-0.2, 0) is 11.3 Å². The van der Waals surface area contributed by atoms with Crippen molar-refractivity contribution in [2.45, 2.75) is 6.54 Å². The first-order valence-electron chi connectivity index (χ1n) is 6.17. The third kappa shape index (κ3) is 3.96. The number of aromatic nitrogens is 2. The Kier molecular flexibility index (Phi) is 5.40. The van der Waals surface area contributed by atoms with Gasteiger partial charge in [0.05, 0.1) is 17.3 Å². The molecule has 0 saturated carbocycles. The Bertz CT molecular complexity index is 580. The maximum absolute atomic E-state index is 13.0. The third-order valence-corrected chi connectivity index (χ3v) is 2.99. The number of hydrogen-bond donors (Lipinski definition) is 1. The molecule has 0 aliphatic carbocycles. The fourth-order valence-electron chi connectivity index (χ4n) is 1.69. The first-order chi connectivity index (χ1) is 9.70. The van der Waals surface area contributed by atoms with Gasteiger partial charge in [0, 0.05) is 32.0 Å². The van der Waals surface area contributed by atoms with Crippen molar-refractivity contribution in [3.63, 3.8) is 0 Å². The van der Waals surface area contributed by atoms with Gasteiger partial charge in [0.15, 0.2) is 5.82 Å². The lowest BCUT2D eigenvalue weighted by Gasteiger charge is -2.06. The van der Waals surface area contributed by atoms with Crippen molar-refractivity contribution in [2.24, 2.45) is 0 Å². The Labute approximate surface area is 122 Å². The van der Waals surface area contributed by atoms with Crippen molar-refractivity contribution in [2.75, 3.05) is 20.3 Å². The highest BCUT2D eigenvalue weighted by molar-refractivity contribution is 6.33. The monoisotopic (exact) mass is 295 g/mol. The molecule has 20 heavy (non-hydrogen) atoms. The molecule has 1 aromatic carbocycles. The Hall–Kier alpha value is -1.56. The summed E-state index contributed by atoms with van der Waals surface area (Å²) in [6.07, 6.45) is 1.66. The Morgan fingerprint density at radius 3 is 2.95 bits per heavy atom. The fourth-order valence-corrected chi connectivity index (χ4v) is 1.94. The molecule has 1 aromatic heterocycles.